The molecule has 10 nitrogen and oxygen atoms in total. The van der Waals surface area contributed by atoms with Crippen LogP contribution in [-0.2, 0) is 14.4 Å². The highest BCUT2D eigenvalue weighted by atomic mass is 19.1. The SMILES string of the molecule is CCN(CC)CCNC(=O)c1c(C)[nH]c(/C=C2\C(=O)Nc3ccc(F)cc32)c1C.O=C([O-])/C=C/C(=O)[O-]. The third-order valence-electron chi connectivity index (χ3n) is 5.72. The van der Waals surface area contributed by atoms with Gasteiger partial charge in [-0.25, -0.2) is 4.39 Å². The second-order valence-corrected chi connectivity index (χ2v) is 8.12. The van der Waals surface area contributed by atoms with E-state index >= 15 is 0 Å². The molecule has 2 heterocycles. The van der Waals surface area contributed by atoms with Gasteiger partial charge in [-0.1, -0.05) is 13.8 Å². The molecule has 2 aromatic rings. The van der Waals surface area contributed by atoms with Crippen LogP contribution in [0.25, 0.3) is 11.6 Å². The predicted octanol–water partition coefficient (Wildman–Crippen LogP) is 0.377. The molecule has 1 aromatic carbocycles. The number of aliphatic carboxylic acids is 2. The minimum atomic E-state index is -1.55. The van der Waals surface area contributed by atoms with Gasteiger partial charge in [0, 0.05) is 35.7 Å². The van der Waals surface area contributed by atoms with Gasteiger partial charge in [-0.2, -0.15) is 0 Å². The number of carboxylic acids is 2. The Labute approximate surface area is 213 Å². The summed E-state index contributed by atoms with van der Waals surface area (Å²) in [5, 5.41) is 24.5. The normalized spacial score (nSPS) is 13.4. The first kappa shape index (κ1) is 29.0. The molecule has 1 aromatic heterocycles. The topological polar surface area (TPSA) is 157 Å². The van der Waals surface area contributed by atoms with Gasteiger partial charge >= 0.3 is 0 Å². The summed E-state index contributed by atoms with van der Waals surface area (Å²) in [6, 6.07) is 4.20. The molecule has 37 heavy (non-hydrogen) atoms. The van der Waals surface area contributed by atoms with Gasteiger partial charge in [-0.3, -0.25) is 9.59 Å². The maximum Gasteiger partial charge on any atom is 0.256 e. The standard InChI is InChI=1S/C22H27FN4O2.C4H4O4/c1-5-27(6-2)10-9-24-22(29)20-13(3)19(25-14(20)4)12-17-16-11-15(23)7-8-18(16)26-21(17)28;5-3(6)1-2-4(7)8/h7-8,11-12,25H,5-6,9-10H2,1-4H3,(H,24,29)(H,26,28);1-2H,(H,5,6)(H,7,8)/p-2/b17-12-;2-1+. The highest BCUT2D eigenvalue weighted by molar-refractivity contribution is 6.34. The lowest BCUT2D eigenvalue weighted by Gasteiger charge is -2.18. The molecule has 1 aliphatic rings. The number of anilines is 1. The van der Waals surface area contributed by atoms with Crippen LogP contribution in [0.5, 0.6) is 0 Å². The molecule has 0 fully saturated rings. The molecule has 198 valence electrons. The van der Waals surface area contributed by atoms with E-state index in [1.165, 1.54) is 12.1 Å². The summed E-state index contributed by atoms with van der Waals surface area (Å²) in [6.07, 6.45) is 2.44. The zero-order chi connectivity index (χ0) is 27.7. The Kier molecular flexibility index (Phi) is 10.3. The number of hydrogen-bond donors (Lipinski definition) is 3. The fraction of sp³-hybridized carbons (Fsp3) is 0.308. The van der Waals surface area contributed by atoms with Crippen LogP contribution in [0.2, 0.25) is 0 Å². The maximum atomic E-state index is 13.7. The van der Waals surface area contributed by atoms with Crippen LogP contribution in [0.1, 0.15) is 46.7 Å². The van der Waals surface area contributed by atoms with E-state index in [2.05, 4.69) is 34.4 Å². The molecule has 3 N–H and O–H groups in total. The second-order valence-electron chi connectivity index (χ2n) is 8.12. The van der Waals surface area contributed by atoms with Crippen LogP contribution < -0.4 is 20.8 Å². The van der Waals surface area contributed by atoms with Crippen molar-refractivity contribution in [3.8, 4) is 0 Å². The van der Waals surface area contributed by atoms with E-state index in [0.29, 0.717) is 46.8 Å². The van der Waals surface area contributed by atoms with Crippen molar-refractivity contribution in [2.24, 2.45) is 0 Å². The Morgan fingerprint density at radius 3 is 2.27 bits per heavy atom. The molecule has 0 aliphatic carbocycles. The zero-order valence-electron chi connectivity index (χ0n) is 21.1. The van der Waals surface area contributed by atoms with Crippen molar-refractivity contribution in [1.29, 1.82) is 0 Å². The molecular weight excluding hydrogens is 483 g/mol. The summed E-state index contributed by atoms with van der Waals surface area (Å²) < 4.78 is 13.7. The quantitative estimate of drug-likeness (QED) is 0.410. The molecule has 2 amide bonds. The smallest absolute Gasteiger partial charge is 0.256 e. The molecule has 0 bridgehead atoms. The number of rotatable bonds is 9. The molecule has 0 unspecified atom stereocenters. The van der Waals surface area contributed by atoms with Crippen molar-refractivity contribution in [1.82, 2.24) is 15.2 Å². The molecule has 3 rings (SSSR count). The number of carboxylic acid groups (broad SMARTS) is 2. The third-order valence-corrected chi connectivity index (χ3v) is 5.72. The second kappa shape index (κ2) is 13.2. The predicted molar refractivity (Wildman–Crippen MR) is 132 cm³/mol. The maximum absolute atomic E-state index is 13.7. The largest absolute Gasteiger partial charge is 0.545 e. The summed E-state index contributed by atoms with van der Waals surface area (Å²) in [4.78, 5) is 49.3. The van der Waals surface area contributed by atoms with Crippen LogP contribution in [0.3, 0.4) is 0 Å². The van der Waals surface area contributed by atoms with E-state index in [-0.39, 0.29) is 11.8 Å². The van der Waals surface area contributed by atoms with Gasteiger partial charge in [0.1, 0.15) is 5.82 Å². The lowest BCUT2D eigenvalue weighted by molar-refractivity contribution is -0.301. The Morgan fingerprint density at radius 1 is 1.08 bits per heavy atom. The molecule has 0 atom stereocenters. The Balaban J connectivity index is 0.000000521. The van der Waals surface area contributed by atoms with E-state index in [1.54, 1.807) is 12.1 Å². The number of carbonyl (C=O) groups is 4. The van der Waals surface area contributed by atoms with Crippen molar-refractivity contribution < 1.29 is 33.8 Å². The lowest BCUT2D eigenvalue weighted by Crippen LogP contribution is -2.35. The first-order chi connectivity index (χ1) is 17.5. The van der Waals surface area contributed by atoms with Crippen molar-refractivity contribution >= 4 is 41.1 Å². The number of aryl methyl sites for hydroxylation is 1. The number of H-pyrrole nitrogens is 1. The number of amides is 2. The fourth-order valence-electron chi connectivity index (χ4n) is 3.80. The summed E-state index contributed by atoms with van der Waals surface area (Å²) in [7, 11) is 0. The van der Waals surface area contributed by atoms with E-state index in [1.807, 2.05) is 13.8 Å². The number of likely N-dealkylation sites (N-methyl/N-ethyl adjacent to an activating group) is 1. The molecule has 0 radical (unpaired) electrons. The number of halogens is 1. The average molecular weight is 513 g/mol. The number of nitrogens with zero attached hydrogens (tertiary/aromatic N) is 1. The summed E-state index contributed by atoms with van der Waals surface area (Å²) in [5.74, 6) is -3.93. The van der Waals surface area contributed by atoms with Crippen LogP contribution in [0.4, 0.5) is 10.1 Å². The molecule has 0 saturated carbocycles. The molecule has 0 spiro atoms. The number of fused-ring (bicyclic) bond motifs is 1. The monoisotopic (exact) mass is 512 g/mol. The molecule has 1 aliphatic heterocycles. The van der Waals surface area contributed by atoms with Gasteiger partial charge in [0.05, 0.1) is 23.1 Å². The van der Waals surface area contributed by atoms with Crippen molar-refractivity contribution in [2.45, 2.75) is 27.7 Å². The van der Waals surface area contributed by atoms with Crippen molar-refractivity contribution in [3.05, 3.63) is 64.2 Å². The van der Waals surface area contributed by atoms with Crippen molar-refractivity contribution in [3.63, 3.8) is 0 Å². The number of nitrogens with one attached hydrogen (secondary N) is 3. The summed E-state index contributed by atoms with van der Waals surface area (Å²) in [5.41, 5.74) is 4.20. The van der Waals surface area contributed by atoms with Crippen molar-refractivity contribution in [2.75, 3.05) is 31.5 Å². The van der Waals surface area contributed by atoms with Crippen LogP contribution in [0.15, 0.2) is 30.4 Å². The number of benzene rings is 1. The van der Waals surface area contributed by atoms with Gasteiger partial charge < -0.3 is 40.3 Å². The van der Waals surface area contributed by atoms with E-state index < -0.39 is 17.8 Å². The molecular formula is C26H29FN4O6-2. The molecule has 11 heteroatoms. The number of carbonyl (C=O) groups excluding carboxylic acids is 4. The van der Waals surface area contributed by atoms with Gasteiger partial charge in [-0.15, -0.1) is 0 Å². The number of aromatic nitrogens is 1. The van der Waals surface area contributed by atoms with Gasteiger partial charge in [0.15, 0.2) is 0 Å². The number of hydrogen-bond acceptors (Lipinski definition) is 7. The number of aromatic amines is 1. The Hall–Kier alpha value is -4.25. The van der Waals surface area contributed by atoms with Crippen LogP contribution in [-0.4, -0.2) is 59.8 Å². The van der Waals surface area contributed by atoms with Gasteiger partial charge in [0.25, 0.3) is 11.8 Å². The lowest BCUT2D eigenvalue weighted by atomic mass is 10.0. The zero-order valence-corrected chi connectivity index (χ0v) is 21.1. The summed E-state index contributed by atoms with van der Waals surface area (Å²) in [6.45, 7) is 11.1. The fourth-order valence-corrected chi connectivity index (χ4v) is 3.80. The molecule has 0 saturated heterocycles. The van der Waals surface area contributed by atoms with Crippen LogP contribution >= 0.6 is 0 Å². The highest BCUT2D eigenvalue weighted by Gasteiger charge is 2.26. The minimum absolute atomic E-state index is 0.143. The first-order valence-corrected chi connectivity index (χ1v) is 11.6. The van der Waals surface area contributed by atoms with E-state index in [4.69, 9.17) is 0 Å². The average Bonchev–Trinajstić information content (AvgIpc) is 3.30. The first-order valence-electron chi connectivity index (χ1n) is 11.6. The van der Waals surface area contributed by atoms with Gasteiger partial charge in [-0.05, 0) is 68.9 Å². The van der Waals surface area contributed by atoms with Crippen LogP contribution in [0, 0.1) is 19.7 Å². The Morgan fingerprint density at radius 2 is 1.70 bits per heavy atom. The van der Waals surface area contributed by atoms with E-state index in [9.17, 15) is 33.8 Å². The third kappa shape index (κ3) is 7.87. The Bertz CT molecular complexity index is 1230. The summed E-state index contributed by atoms with van der Waals surface area (Å²) >= 11 is 0. The highest BCUT2D eigenvalue weighted by Crippen LogP contribution is 2.34. The minimum Gasteiger partial charge on any atom is -0.545 e. The van der Waals surface area contributed by atoms with Gasteiger partial charge in [0.2, 0.25) is 0 Å². The van der Waals surface area contributed by atoms with E-state index in [0.717, 1.165) is 30.9 Å².